The summed E-state index contributed by atoms with van der Waals surface area (Å²) in [6.07, 6.45) is -0.759. The Morgan fingerprint density at radius 1 is 0.971 bits per heavy atom. The number of benzene rings is 2. The Kier molecular flexibility index (Phi) is 7.42. The van der Waals surface area contributed by atoms with Gasteiger partial charge in [0.1, 0.15) is 12.4 Å². The van der Waals surface area contributed by atoms with Gasteiger partial charge in [-0.25, -0.2) is 9.59 Å². The molecule has 0 aliphatic carbocycles. The number of ether oxygens (including phenoxy) is 3. The van der Waals surface area contributed by atoms with Gasteiger partial charge in [-0.1, -0.05) is 48.5 Å². The molecule has 0 atom stereocenters. The van der Waals surface area contributed by atoms with Gasteiger partial charge in [0.25, 0.3) is 17.2 Å². The first-order valence-corrected chi connectivity index (χ1v) is 10.2. The molecule has 0 saturated heterocycles. The first-order valence-electron chi connectivity index (χ1n) is 10.2. The number of aromatic nitrogens is 2. The maximum atomic E-state index is 12.7. The number of carbonyl (C=O) groups excluding carboxylic acids is 3. The summed E-state index contributed by atoms with van der Waals surface area (Å²) in [6.45, 7) is 4.26. The third-order valence-corrected chi connectivity index (χ3v) is 4.51. The molecule has 3 aromatic rings. The predicted molar refractivity (Wildman–Crippen MR) is 120 cm³/mol. The van der Waals surface area contributed by atoms with Crippen LogP contribution in [0, 0.1) is 0 Å². The van der Waals surface area contributed by atoms with Gasteiger partial charge in [-0.2, -0.15) is 4.98 Å². The minimum absolute atomic E-state index is 0.0414. The Hall–Kier alpha value is -4.47. The van der Waals surface area contributed by atoms with Crippen molar-refractivity contribution in [3.8, 4) is 11.6 Å². The summed E-state index contributed by atoms with van der Waals surface area (Å²) in [6, 6.07) is 17.0. The zero-order valence-electron chi connectivity index (χ0n) is 18.8. The van der Waals surface area contributed by atoms with Gasteiger partial charge in [0, 0.05) is 6.92 Å². The second-order valence-corrected chi connectivity index (χ2v) is 7.71. The quantitative estimate of drug-likeness (QED) is 0.508. The van der Waals surface area contributed by atoms with E-state index in [1.165, 1.54) is 12.1 Å². The Morgan fingerprint density at radius 2 is 1.59 bits per heavy atom. The highest BCUT2D eigenvalue weighted by molar-refractivity contribution is 5.91. The third kappa shape index (κ3) is 6.28. The van der Waals surface area contributed by atoms with E-state index in [0.717, 1.165) is 12.5 Å². The van der Waals surface area contributed by atoms with Gasteiger partial charge in [0.05, 0.1) is 11.1 Å². The van der Waals surface area contributed by atoms with E-state index in [-0.39, 0.29) is 18.0 Å². The average Bonchev–Trinajstić information content (AvgIpc) is 2.80. The molecule has 1 amide bonds. The van der Waals surface area contributed by atoms with Crippen LogP contribution in [0.3, 0.4) is 0 Å². The lowest BCUT2D eigenvalue weighted by Crippen LogP contribution is -2.43. The molecule has 0 spiro atoms. The van der Waals surface area contributed by atoms with Crippen LogP contribution in [0.2, 0.25) is 0 Å². The number of nitrogens with zero attached hydrogens (tertiary/aromatic N) is 1. The van der Waals surface area contributed by atoms with Crippen LogP contribution < -0.4 is 20.3 Å². The van der Waals surface area contributed by atoms with Crippen LogP contribution in [0.1, 0.15) is 42.5 Å². The van der Waals surface area contributed by atoms with E-state index >= 15 is 0 Å². The highest BCUT2D eigenvalue weighted by Crippen LogP contribution is 2.25. The van der Waals surface area contributed by atoms with Crippen LogP contribution in [0.5, 0.6) is 11.6 Å². The van der Waals surface area contributed by atoms with E-state index in [0.29, 0.717) is 0 Å². The van der Waals surface area contributed by atoms with Crippen molar-refractivity contribution >= 4 is 18.0 Å². The van der Waals surface area contributed by atoms with Gasteiger partial charge in [0.2, 0.25) is 0 Å². The zero-order chi connectivity index (χ0) is 24.7. The monoisotopic (exact) mass is 465 g/mol. The molecule has 2 aromatic carbocycles. The lowest BCUT2D eigenvalue weighted by atomic mass is 10.1. The molecule has 34 heavy (non-hydrogen) atoms. The molecule has 0 aliphatic heterocycles. The minimum Gasteiger partial charge on any atom is -0.445 e. The van der Waals surface area contributed by atoms with Crippen molar-refractivity contribution in [3.63, 3.8) is 0 Å². The first kappa shape index (κ1) is 24.2. The van der Waals surface area contributed by atoms with Crippen LogP contribution in [-0.4, -0.2) is 28.0 Å². The summed E-state index contributed by atoms with van der Waals surface area (Å²) < 4.78 is 15.4. The van der Waals surface area contributed by atoms with E-state index in [4.69, 9.17) is 14.2 Å². The average molecular weight is 465 g/mol. The molecular weight excluding hydrogens is 442 g/mol. The van der Waals surface area contributed by atoms with E-state index in [2.05, 4.69) is 15.3 Å². The summed E-state index contributed by atoms with van der Waals surface area (Å²) in [5.41, 5.74) is -1.14. The van der Waals surface area contributed by atoms with Gasteiger partial charge < -0.3 is 24.5 Å². The molecule has 2 N–H and O–H groups in total. The second kappa shape index (κ2) is 10.4. The third-order valence-electron chi connectivity index (χ3n) is 4.51. The summed E-state index contributed by atoms with van der Waals surface area (Å²) in [7, 11) is 0. The lowest BCUT2D eigenvalue weighted by molar-refractivity contribution is -0.132. The molecule has 0 fully saturated rings. The van der Waals surface area contributed by atoms with Crippen molar-refractivity contribution in [1.82, 2.24) is 15.3 Å². The molecule has 0 saturated carbocycles. The van der Waals surface area contributed by atoms with Gasteiger partial charge >= 0.3 is 18.0 Å². The maximum Gasteiger partial charge on any atom is 0.408 e. The molecule has 1 heterocycles. The number of aromatic amines is 1. The number of hydrogen-bond donors (Lipinski definition) is 2. The Bertz CT molecular complexity index is 1240. The van der Waals surface area contributed by atoms with Crippen LogP contribution in [0.25, 0.3) is 0 Å². The molecule has 0 bridgehead atoms. The topological polar surface area (TPSA) is 137 Å². The molecular formula is C24H23N3O7. The summed E-state index contributed by atoms with van der Waals surface area (Å²) >= 11 is 0. The van der Waals surface area contributed by atoms with Gasteiger partial charge in [-0.3, -0.25) is 9.59 Å². The molecule has 1 aromatic heterocycles. The number of rotatable bonds is 7. The van der Waals surface area contributed by atoms with E-state index in [1.807, 2.05) is 18.2 Å². The maximum absolute atomic E-state index is 12.7. The smallest absolute Gasteiger partial charge is 0.408 e. The first-order chi connectivity index (χ1) is 16.2. The highest BCUT2D eigenvalue weighted by atomic mass is 16.6. The summed E-state index contributed by atoms with van der Waals surface area (Å²) in [5, 5.41) is 2.59. The fraction of sp³-hybridized carbons (Fsp3) is 0.208. The van der Waals surface area contributed by atoms with Crippen molar-refractivity contribution in [2.75, 3.05) is 0 Å². The molecule has 0 unspecified atom stereocenters. The number of H-pyrrole nitrogens is 1. The fourth-order valence-corrected chi connectivity index (χ4v) is 2.83. The zero-order valence-corrected chi connectivity index (χ0v) is 18.8. The summed E-state index contributed by atoms with van der Waals surface area (Å²) in [4.78, 5) is 55.6. The van der Waals surface area contributed by atoms with Crippen molar-refractivity contribution in [2.45, 2.75) is 32.9 Å². The SMILES string of the molecule is CC(=O)Oc1nc(C(C)(C)NC(=O)OCc2ccccc2)[nH]c(=O)c1OC(=O)c1ccccc1. The Balaban J connectivity index is 1.82. The normalized spacial score (nSPS) is 10.8. The van der Waals surface area contributed by atoms with Gasteiger partial charge in [-0.15, -0.1) is 0 Å². The molecule has 10 heteroatoms. The standard InChI is InChI=1S/C24H23N3O7/c1-15(28)33-20-18(34-21(30)17-12-8-5-9-13-17)19(29)25-22(26-20)24(2,3)27-23(31)32-14-16-10-6-4-7-11-16/h4-13H,14H2,1-3H3,(H,27,31)(H,25,26,29). The number of alkyl carbamates (subject to hydrolysis) is 1. The molecule has 10 nitrogen and oxygen atoms in total. The molecule has 0 aliphatic rings. The largest absolute Gasteiger partial charge is 0.445 e. The molecule has 176 valence electrons. The second-order valence-electron chi connectivity index (χ2n) is 7.71. The molecule has 0 radical (unpaired) electrons. The van der Waals surface area contributed by atoms with Gasteiger partial charge in [0.15, 0.2) is 0 Å². The van der Waals surface area contributed by atoms with E-state index in [9.17, 15) is 19.2 Å². The number of nitrogens with one attached hydrogen (secondary N) is 2. The molecule has 3 rings (SSSR count). The van der Waals surface area contributed by atoms with Crippen LogP contribution in [0.15, 0.2) is 65.5 Å². The minimum atomic E-state index is -1.25. The van der Waals surface area contributed by atoms with Crippen molar-refractivity contribution in [1.29, 1.82) is 0 Å². The van der Waals surface area contributed by atoms with Crippen molar-refractivity contribution in [3.05, 3.63) is 88.0 Å². The van der Waals surface area contributed by atoms with E-state index in [1.54, 1.807) is 44.2 Å². The number of amides is 1. The van der Waals surface area contributed by atoms with Gasteiger partial charge in [-0.05, 0) is 31.5 Å². The van der Waals surface area contributed by atoms with Crippen molar-refractivity contribution in [2.24, 2.45) is 0 Å². The fourth-order valence-electron chi connectivity index (χ4n) is 2.83. The van der Waals surface area contributed by atoms with Crippen LogP contribution in [0.4, 0.5) is 4.79 Å². The van der Waals surface area contributed by atoms with Crippen molar-refractivity contribution < 1.29 is 28.6 Å². The lowest BCUT2D eigenvalue weighted by Gasteiger charge is -2.25. The number of carbonyl (C=O) groups is 3. The van der Waals surface area contributed by atoms with Crippen LogP contribution >= 0.6 is 0 Å². The Morgan fingerprint density at radius 3 is 2.21 bits per heavy atom. The van der Waals surface area contributed by atoms with Crippen LogP contribution in [-0.2, 0) is 21.7 Å². The summed E-state index contributed by atoms with van der Waals surface area (Å²) in [5.74, 6) is -2.77. The highest BCUT2D eigenvalue weighted by Gasteiger charge is 2.30. The number of esters is 2. The number of hydrogen-bond acceptors (Lipinski definition) is 8. The van der Waals surface area contributed by atoms with E-state index < -0.39 is 40.8 Å². The Labute approximate surface area is 194 Å². The predicted octanol–water partition coefficient (Wildman–Crippen LogP) is 3.08.